The molecule has 0 bridgehead atoms. The van der Waals surface area contributed by atoms with E-state index in [-0.39, 0.29) is 10.8 Å². The Morgan fingerprint density at radius 1 is 1.03 bits per heavy atom. The van der Waals surface area contributed by atoms with E-state index in [4.69, 9.17) is 11.6 Å². The lowest BCUT2D eigenvalue weighted by Gasteiger charge is -2.23. The zero-order valence-electron chi connectivity index (χ0n) is 18.5. The summed E-state index contributed by atoms with van der Waals surface area (Å²) in [7, 11) is -0.772. The summed E-state index contributed by atoms with van der Waals surface area (Å²) in [6, 6.07) is 8.55. The minimum atomic E-state index is -3.67. The maximum absolute atomic E-state index is 13.0. The van der Waals surface area contributed by atoms with E-state index in [1.807, 2.05) is 13.8 Å². The summed E-state index contributed by atoms with van der Waals surface area (Å²) in [5.41, 5.74) is 2.24. The van der Waals surface area contributed by atoms with Crippen molar-refractivity contribution in [3.63, 3.8) is 0 Å². The lowest BCUT2D eigenvalue weighted by molar-refractivity contribution is -0.118. The third-order valence-corrected chi connectivity index (χ3v) is 7.06. The van der Waals surface area contributed by atoms with Crippen LogP contribution in [0.5, 0.6) is 0 Å². The van der Waals surface area contributed by atoms with E-state index in [9.17, 15) is 18.0 Å². The number of nitrogens with one attached hydrogen (secondary N) is 2. The van der Waals surface area contributed by atoms with E-state index in [1.165, 1.54) is 20.2 Å². The zero-order valence-corrected chi connectivity index (χ0v) is 20.1. The van der Waals surface area contributed by atoms with Gasteiger partial charge in [-0.05, 0) is 67.3 Å². The number of carbonyl (C=O) groups is 2. The fourth-order valence-corrected chi connectivity index (χ4v) is 4.03. The summed E-state index contributed by atoms with van der Waals surface area (Å²) in [5, 5.41) is 6.05. The highest BCUT2D eigenvalue weighted by Crippen LogP contribution is 2.26. The Labute approximate surface area is 188 Å². The summed E-state index contributed by atoms with van der Waals surface area (Å²) in [6.45, 7) is 7.21. The van der Waals surface area contributed by atoms with Crippen LogP contribution < -0.4 is 10.6 Å². The molecule has 0 aliphatic rings. The molecule has 2 rings (SSSR count). The van der Waals surface area contributed by atoms with Crippen molar-refractivity contribution in [1.29, 1.82) is 0 Å². The number of hydrogen-bond acceptors (Lipinski definition) is 4. The first-order valence-corrected chi connectivity index (χ1v) is 11.6. The predicted molar refractivity (Wildman–Crippen MR) is 123 cm³/mol. The van der Waals surface area contributed by atoms with Crippen LogP contribution in [0.25, 0.3) is 0 Å². The topological polar surface area (TPSA) is 95.6 Å². The molecule has 0 saturated heterocycles. The first kappa shape index (κ1) is 24.8. The Bertz CT molecular complexity index is 1080. The molecule has 2 aromatic carbocycles. The van der Waals surface area contributed by atoms with Crippen molar-refractivity contribution in [3.05, 3.63) is 58.1 Å². The van der Waals surface area contributed by atoms with E-state index >= 15 is 0 Å². The average molecular weight is 466 g/mol. The van der Waals surface area contributed by atoms with E-state index in [0.717, 1.165) is 15.4 Å². The van der Waals surface area contributed by atoms with Crippen LogP contribution in [0.15, 0.2) is 41.3 Å². The minimum Gasteiger partial charge on any atom is -0.340 e. The fraction of sp³-hybridized carbons (Fsp3) is 0.364. The van der Waals surface area contributed by atoms with E-state index in [1.54, 1.807) is 44.2 Å². The molecule has 0 unspecified atom stereocenters. The number of amides is 2. The van der Waals surface area contributed by atoms with Crippen molar-refractivity contribution in [2.24, 2.45) is 5.92 Å². The van der Waals surface area contributed by atoms with Gasteiger partial charge in [-0.3, -0.25) is 9.59 Å². The Morgan fingerprint density at radius 2 is 1.61 bits per heavy atom. The van der Waals surface area contributed by atoms with E-state index < -0.39 is 27.9 Å². The Balaban J connectivity index is 2.31. The standard InChI is InChI=1S/C22H28ClN3O4S/c1-13(2)20(25-21(27)16-7-9-17(23)10-8-16)22(28)24-19-12-18(11-14(3)15(19)4)31(29,30)26(5)6/h7-13,20H,1-6H3,(H,24,28)(H,25,27)/t20-/m0/s1. The first-order valence-electron chi connectivity index (χ1n) is 9.75. The summed E-state index contributed by atoms with van der Waals surface area (Å²) in [5.74, 6) is -1.03. The molecule has 0 aliphatic heterocycles. The van der Waals surface area contributed by atoms with Crippen LogP contribution in [0.1, 0.15) is 35.3 Å². The van der Waals surface area contributed by atoms with Gasteiger partial charge < -0.3 is 10.6 Å². The second kappa shape index (κ2) is 9.80. The molecule has 0 spiro atoms. The normalized spacial score (nSPS) is 12.7. The van der Waals surface area contributed by atoms with Gasteiger partial charge in [-0.15, -0.1) is 0 Å². The van der Waals surface area contributed by atoms with Crippen LogP contribution in [0.2, 0.25) is 5.02 Å². The van der Waals surface area contributed by atoms with Crippen LogP contribution >= 0.6 is 11.6 Å². The van der Waals surface area contributed by atoms with Crippen molar-refractivity contribution in [2.75, 3.05) is 19.4 Å². The summed E-state index contributed by atoms with van der Waals surface area (Å²) in [6.07, 6.45) is 0. The van der Waals surface area contributed by atoms with Crippen molar-refractivity contribution in [2.45, 2.75) is 38.6 Å². The van der Waals surface area contributed by atoms with Gasteiger partial charge in [0, 0.05) is 30.4 Å². The summed E-state index contributed by atoms with van der Waals surface area (Å²) >= 11 is 5.86. The molecule has 1 atom stereocenters. The molecule has 2 amide bonds. The van der Waals surface area contributed by atoms with Crippen LogP contribution in [0.3, 0.4) is 0 Å². The quantitative estimate of drug-likeness (QED) is 0.653. The number of aryl methyl sites for hydroxylation is 1. The van der Waals surface area contributed by atoms with Crippen molar-refractivity contribution < 1.29 is 18.0 Å². The Kier molecular flexibility index (Phi) is 7.86. The lowest BCUT2D eigenvalue weighted by atomic mass is 10.0. The number of hydrogen-bond donors (Lipinski definition) is 2. The molecule has 0 aromatic heterocycles. The molecule has 0 heterocycles. The largest absolute Gasteiger partial charge is 0.340 e. The van der Waals surface area contributed by atoms with Crippen molar-refractivity contribution in [1.82, 2.24) is 9.62 Å². The van der Waals surface area contributed by atoms with Crippen molar-refractivity contribution >= 4 is 39.1 Å². The van der Waals surface area contributed by atoms with E-state index in [0.29, 0.717) is 16.3 Å². The summed E-state index contributed by atoms with van der Waals surface area (Å²) in [4.78, 5) is 25.7. The van der Waals surface area contributed by atoms with Crippen LogP contribution in [-0.4, -0.2) is 44.7 Å². The average Bonchev–Trinajstić information content (AvgIpc) is 2.69. The van der Waals surface area contributed by atoms with Gasteiger partial charge in [-0.2, -0.15) is 0 Å². The molecule has 0 saturated carbocycles. The zero-order chi connectivity index (χ0) is 23.5. The predicted octanol–water partition coefficient (Wildman–Crippen LogP) is 3.60. The number of nitrogens with zero attached hydrogens (tertiary/aromatic N) is 1. The smallest absolute Gasteiger partial charge is 0.251 e. The van der Waals surface area contributed by atoms with Gasteiger partial charge in [0.05, 0.1) is 4.90 Å². The maximum Gasteiger partial charge on any atom is 0.251 e. The second-order valence-corrected chi connectivity index (χ2v) is 10.5. The van der Waals surface area contributed by atoms with Crippen LogP contribution in [0.4, 0.5) is 5.69 Å². The molecular formula is C22H28ClN3O4S. The Morgan fingerprint density at radius 3 is 2.13 bits per heavy atom. The minimum absolute atomic E-state index is 0.0854. The molecule has 2 N–H and O–H groups in total. The Hall–Kier alpha value is -2.42. The molecule has 7 nitrogen and oxygen atoms in total. The van der Waals surface area contributed by atoms with Gasteiger partial charge in [0.2, 0.25) is 15.9 Å². The molecule has 0 aliphatic carbocycles. The lowest BCUT2D eigenvalue weighted by Crippen LogP contribution is -2.47. The van der Waals surface area contributed by atoms with Crippen LogP contribution in [0, 0.1) is 19.8 Å². The highest BCUT2D eigenvalue weighted by atomic mass is 35.5. The molecule has 31 heavy (non-hydrogen) atoms. The third-order valence-electron chi connectivity index (χ3n) is 5.02. The fourth-order valence-electron chi connectivity index (χ4n) is 2.89. The van der Waals surface area contributed by atoms with Crippen LogP contribution in [-0.2, 0) is 14.8 Å². The molecule has 9 heteroatoms. The first-order chi connectivity index (χ1) is 14.3. The van der Waals surface area contributed by atoms with Gasteiger partial charge in [0.25, 0.3) is 5.91 Å². The second-order valence-electron chi connectivity index (χ2n) is 7.89. The highest BCUT2D eigenvalue weighted by Gasteiger charge is 2.26. The van der Waals surface area contributed by atoms with Gasteiger partial charge >= 0.3 is 0 Å². The molecule has 0 fully saturated rings. The molecule has 0 radical (unpaired) electrons. The molecule has 168 valence electrons. The highest BCUT2D eigenvalue weighted by molar-refractivity contribution is 7.89. The van der Waals surface area contributed by atoms with Gasteiger partial charge in [0.1, 0.15) is 6.04 Å². The number of anilines is 1. The number of halogens is 1. The third kappa shape index (κ3) is 5.84. The molecule has 2 aromatic rings. The number of carbonyl (C=O) groups excluding carboxylic acids is 2. The summed E-state index contributed by atoms with van der Waals surface area (Å²) < 4.78 is 26.2. The SMILES string of the molecule is Cc1cc(S(=O)(=O)N(C)C)cc(NC(=O)[C@@H](NC(=O)c2ccc(Cl)cc2)C(C)C)c1C. The van der Waals surface area contributed by atoms with Gasteiger partial charge in [0.15, 0.2) is 0 Å². The number of sulfonamides is 1. The van der Waals surface area contributed by atoms with Crippen molar-refractivity contribution in [3.8, 4) is 0 Å². The monoisotopic (exact) mass is 465 g/mol. The maximum atomic E-state index is 13.0. The van der Waals surface area contributed by atoms with Gasteiger partial charge in [-0.1, -0.05) is 25.4 Å². The number of rotatable bonds is 7. The van der Waals surface area contributed by atoms with E-state index in [2.05, 4.69) is 10.6 Å². The van der Waals surface area contributed by atoms with Gasteiger partial charge in [-0.25, -0.2) is 12.7 Å². The number of benzene rings is 2. The molecular weight excluding hydrogens is 438 g/mol.